The first-order valence-corrected chi connectivity index (χ1v) is 12.8. The molecule has 4 atom stereocenters. The van der Waals surface area contributed by atoms with Crippen LogP contribution < -0.4 is 5.32 Å². The largest absolute Gasteiger partial charge is 0.444 e. The highest BCUT2D eigenvalue weighted by Gasteiger charge is 2.39. The molecule has 3 aliphatic rings. The zero-order valence-electron chi connectivity index (χ0n) is 18.8. The van der Waals surface area contributed by atoms with Gasteiger partial charge in [-0.2, -0.15) is 11.8 Å². The molecule has 0 saturated carbocycles. The SMILES string of the molecule is CCCCCCCCSCCC1CN2CCC1C[C@H]2CNC(=O)OC(C)(C)C. The number of nitrogens with one attached hydrogen (secondary N) is 1. The van der Waals surface area contributed by atoms with Crippen molar-refractivity contribution in [3.05, 3.63) is 0 Å². The second-order valence-electron chi connectivity index (χ2n) is 9.74. The van der Waals surface area contributed by atoms with Crippen molar-refractivity contribution in [1.29, 1.82) is 0 Å². The lowest BCUT2D eigenvalue weighted by Gasteiger charge is -2.50. The van der Waals surface area contributed by atoms with E-state index < -0.39 is 5.60 Å². The minimum Gasteiger partial charge on any atom is -0.444 e. The van der Waals surface area contributed by atoms with Gasteiger partial charge in [-0.05, 0) is 76.3 Å². The predicted molar refractivity (Wildman–Crippen MR) is 121 cm³/mol. The molecule has 3 aliphatic heterocycles. The number of amides is 1. The van der Waals surface area contributed by atoms with Crippen molar-refractivity contribution >= 4 is 17.9 Å². The van der Waals surface area contributed by atoms with Gasteiger partial charge in [0.1, 0.15) is 5.60 Å². The number of fused-ring (bicyclic) bond motifs is 3. The topological polar surface area (TPSA) is 41.6 Å². The molecule has 2 bridgehead atoms. The normalized spacial score (nSPS) is 27.0. The van der Waals surface area contributed by atoms with Gasteiger partial charge in [0.2, 0.25) is 0 Å². The summed E-state index contributed by atoms with van der Waals surface area (Å²) in [4.78, 5) is 14.5. The summed E-state index contributed by atoms with van der Waals surface area (Å²) in [6.45, 7) is 11.2. The lowest BCUT2D eigenvalue weighted by Crippen LogP contribution is -2.57. The van der Waals surface area contributed by atoms with E-state index in [9.17, 15) is 4.79 Å². The van der Waals surface area contributed by atoms with Gasteiger partial charge in [-0.15, -0.1) is 0 Å². The summed E-state index contributed by atoms with van der Waals surface area (Å²) in [6.07, 6.45) is 12.1. The molecule has 3 fully saturated rings. The van der Waals surface area contributed by atoms with Crippen LogP contribution in [0.1, 0.15) is 85.5 Å². The second-order valence-corrected chi connectivity index (χ2v) is 11.0. The minimum atomic E-state index is -0.422. The summed E-state index contributed by atoms with van der Waals surface area (Å²) >= 11 is 2.17. The smallest absolute Gasteiger partial charge is 0.407 e. The molecule has 0 aliphatic carbocycles. The van der Waals surface area contributed by atoms with Gasteiger partial charge in [0.05, 0.1) is 0 Å². The van der Waals surface area contributed by atoms with Crippen molar-refractivity contribution in [2.75, 3.05) is 31.1 Å². The second kappa shape index (κ2) is 12.3. The number of carbonyl (C=O) groups is 1. The van der Waals surface area contributed by atoms with Crippen LogP contribution in [0.3, 0.4) is 0 Å². The van der Waals surface area contributed by atoms with Crippen molar-refractivity contribution in [3.8, 4) is 0 Å². The van der Waals surface area contributed by atoms with Crippen LogP contribution in [0.4, 0.5) is 4.79 Å². The molecule has 1 N–H and O–H groups in total. The highest BCUT2D eigenvalue weighted by atomic mass is 32.2. The van der Waals surface area contributed by atoms with Crippen LogP contribution in [-0.2, 0) is 4.74 Å². The van der Waals surface area contributed by atoms with Gasteiger partial charge in [0.25, 0.3) is 0 Å². The van der Waals surface area contributed by atoms with E-state index in [1.165, 1.54) is 82.4 Å². The quantitative estimate of drug-likeness (QED) is 0.417. The Hall–Kier alpha value is -0.420. The van der Waals surface area contributed by atoms with Gasteiger partial charge in [-0.1, -0.05) is 39.0 Å². The lowest BCUT2D eigenvalue weighted by molar-refractivity contribution is -0.00165. The zero-order valence-corrected chi connectivity index (χ0v) is 19.6. The molecule has 1 amide bonds. The highest BCUT2D eigenvalue weighted by Crippen LogP contribution is 2.38. The molecule has 0 aromatic heterocycles. The maximum atomic E-state index is 11.9. The van der Waals surface area contributed by atoms with Crippen molar-refractivity contribution in [2.24, 2.45) is 11.8 Å². The van der Waals surface area contributed by atoms with E-state index in [1.54, 1.807) is 0 Å². The third kappa shape index (κ3) is 8.94. The van der Waals surface area contributed by atoms with Crippen LogP contribution in [0.2, 0.25) is 0 Å². The Morgan fingerprint density at radius 3 is 2.57 bits per heavy atom. The number of unbranched alkanes of at least 4 members (excludes halogenated alkanes) is 5. The first-order valence-electron chi connectivity index (χ1n) is 11.7. The maximum absolute atomic E-state index is 11.9. The Morgan fingerprint density at radius 1 is 1.14 bits per heavy atom. The van der Waals surface area contributed by atoms with Gasteiger partial charge in [-0.3, -0.25) is 4.90 Å². The average molecular weight is 413 g/mol. The maximum Gasteiger partial charge on any atom is 0.407 e. The van der Waals surface area contributed by atoms with Gasteiger partial charge in [0, 0.05) is 19.1 Å². The van der Waals surface area contributed by atoms with E-state index in [4.69, 9.17) is 4.74 Å². The third-order valence-electron chi connectivity index (χ3n) is 6.17. The molecule has 0 spiro atoms. The predicted octanol–water partition coefficient (Wildman–Crippen LogP) is 5.71. The van der Waals surface area contributed by atoms with Crippen LogP contribution in [0, 0.1) is 11.8 Å². The van der Waals surface area contributed by atoms with Crippen LogP contribution in [0.15, 0.2) is 0 Å². The van der Waals surface area contributed by atoms with Gasteiger partial charge in [-0.25, -0.2) is 4.79 Å². The van der Waals surface area contributed by atoms with Crippen molar-refractivity contribution in [3.63, 3.8) is 0 Å². The Morgan fingerprint density at radius 2 is 1.89 bits per heavy atom. The van der Waals surface area contributed by atoms with Crippen molar-refractivity contribution < 1.29 is 9.53 Å². The Bertz CT molecular complexity index is 452. The monoisotopic (exact) mass is 412 g/mol. The molecular weight excluding hydrogens is 368 g/mol. The fourth-order valence-corrected chi connectivity index (χ4v) is 5.71. The summed E-state index contributed by atoms with van der Waals surface area (Å²) in [5, 5.41) is 2.99. The standard InChI is InChI=1S/C23H44N2O2S/c1-5-6-7-8-9-10-14-28-15-12-20-18-25-13-11-19(20)16-21(25)17-24-22(26)27-23(2,3)4/h19-21H,5-18H2,1-4H3,(H,24,26)/t19?,20?,21-/m0/s1. The Labute approximate surface area is 177 Å². The number of nitrogens with zero attached hydrogens (tertiary/aromatic N) is 1. The van der Waals surface area contributed by atoms with Crippen LogP contribution in [0.5, 0.6) is 0 Å². The number of thioether (sulfide) groups is 1. The third-order valence-corrected chi connectivity index (χ3v) is 7.27. The van der Waals surface area contributed by atoms with E-state index in [1.807, 2.05) is 20.8 Å². The molecule has 4 nitrogen and oxygen atoms in total. The van der Waals surface area contributed by atoms with E-state index >= 15 is 0 Å². The molecule has 3 heterocycles. The molecule has 3 saturated heterocycles. The first kappa shape index (κ1) is 23.9. The van der Waals surface area contributed by atoms with Crippen LogP contribution in [-0.4, -0.2) is 53.8 Å². The summed E-state index contributed by atoms with van der Waals surface area (Å²) in [5.74, 6) is 4.38. The molecular formula is C23H44N2O2S. The molecule has 3 unspecified atom stereocenters. The van der Waals surface area contributed by atoms with E-state index in [0.29, 0.717) is 6.04 Å². The zero-order chi connectivity index (χ0) is 20.4. The molecule has 28 heavy (non-hydrogen) atoms. The molecule has 3 rings (SSSR count). The fourth-order valence-electron chi connectivity index (χ4n) is 4.63. The fraction of sp³-hybridized carbons (Fsp3) is 0.957. The van der Waals surface area contributed by atoms with Crippen LogP contribution >= 0.6 is 11.8 Å². The van der Waals surface area contributed by atoms with E-state index in [2.05, 4.69) is 28.9 Å². The number of ether oxygens (including phenoxy) is 1. The molecule has 5 heteroatoms. The van der Waals surface area contributed by atoms with Crippen LogP contribution in [0.25, 0.3) is 0 Å². The number of rotatable bonds is 12. The summed E-state index contributed by atoms with van der Waals surface area (Å²) in [5.41, 5.74) is -0.422. The summed E-state index contributed by atoms with van der Waals surface area (Å²) in [7, 11) is 0. The Balaban J connectivity index is 1.56. The van der Waals surface area contributed by atoms with Crippen molar-refractivity contribution in [2.45, 2.75) is 97.1 Å². The lowest BCUT2D eigenvalue weighted by atomic mass is 9.74. The number of piperidine rings is 3. The molecule has 164 valence electrons. The molecule has 0 aromatic rings. The Kier molecular flexibility index (Phi) is 10.5. The van der Waals surface area contributed by atoms with Gasteiger partial charge >= 0.3 is 6.09 Å². The van der Waals surface area contributed by atoms with Gasteiger partial charge in [0.15, 0.2) is 0 Å². The molecule has 0 radical (unpaired) electrons. The number of carbonyl (C=O) groups excluding carboxylic acids is 1. The highest BCUT2D eigenvalue weighted by molar-refractivity contribution is 7.99. The summed E-state index contributed by atoms with van der Waals surface area (Å²) in [6, 6.07) is 0.498. The summed E-state index contributed by atoms with van der Waals surface area (Å²) < 4.78 is 5.37. The number of hydrogen-bond acceptors (Lipinski definition) is 4. The number of alkyl carbamates (subject to hydrolysis) is 1. The van der Waals surface area contributed by atoms with Crippen molar-refractivity contribution in [1.82, 2.24) is 10.2 Å². The van der Waals surface area contributed by atoms with E-state index in [0.717, 1.165) is 18.4 Å². The van der Waals surface area contributed by atoms with Gasteiger partial charge < -0.3 is 10.1 Å². The van der Waals surface area contributed by atoms with E-state index in [-0.39, 0.29) is 6.09 Å². The first-order chi connectivity index (χ1) is 13.4. The molecule has 0 aromatic carbocycles. The average Bonchev–Trinajstić information content (AvgIpc) is 2.64. The number of hydrogen-bond donors (Lipinski definition) is 1. The minimum absolute atomic E-state index is 0.280.